The molecule has 0 spiro atoms. The highest BCUT2D eigenvalue weighted by atomic mass is 16.5. The van der Waals surface area contributed by atoms with E-state index in [0.717, 1.165) is 5.56 Å². The van der Waals surface area contributed by atoms with E-state index in [0.29, 0.717) is 46.6 Å². The predicted octanol–water partition coefficient (Wildman–Crippen LogP) is 2.10. The van der Waals surface area contributed by atoms with Crippen LogP contribution in [0.3, 0.4) is 0 Å². The third-order valence-electron chi connectivity index (χ3n) is 4.27. The van der Waals surface area contributed by atoms with Crippen LogP contribution in [0.2, 0.25) is 0 Å². The van der Waals surface area contributed by atoms with Crippen molar-refractivity contribution in [3.05, 3.63) is 29.1 Å². The number of methoxy groups -OCH3 is 3. The Bertz CT molecular complexity index is 861. The van der Waals surface area contributed by atoms with Gasteiger partial charge >= 0.3 is 0 Å². The summed E-state index contributed by atoms with van der Waals surface area (Å²) in [5.74, 6) is 1.38. The van der Waals surface area contributed by atoms with Gasteiger partial charge in [-0.15, -0.1) is 0 Å². The Morgan fingerprint density at radius 3 is 2.35 bits per heavy atom. The summed E-state index contributed by atoms with van der Waals surface area (Å²) in [7, 11) is 4.68. The molecule has 1 aromatic heterocycles. The largest absolute Gasteiger partial charge is 0.493 e. The number of ether oxygens (including phenoxy) is 3. The van der Waals surface area contributed by atoms with Gasteiger partial charge in [0.25, 0.3) is 5.91 Å². The average molecular weight is 358 g/mol. The van der Waals surface area contributed by atoms with Crippen LogP contribution in [0, 0.1) is 6.92 Å². The van der Waals surface area contributed by atoms with Gasteiger partial charge in [0.15, 0.2) is 17.2 Å². The van der Waals surface area contributed by atoms with E-state index >= 15 is 0 Å². The van der Waals surface area contributed by atoms with Crippen LogP contribution in [-0.2, 0) is 6.54 Å². The Kier molecular flexibility index (Phi) is 4.83. The second kappa shape index (κ2) is 7.07. The number of amides is 1. The van der Waals surface area contributed by atoms with Crippen LogP contribution >= 0.6 is 0 Å². The molecule has 0 aliphatic carbocycles. The fourth-order valence-corrected chi connectivity index (χ4v) is 3.00. The zero-order valence-electron chi connectivity index (χ0n) is 15.5. The smallest absolute Gasteiger partial charge is 0.272 e. The highest BCUT2D eigenvalue weighted by molar-refractivity contribution is 6.10. The molecule has 1 N–H and O–H groups in total. The summed E-state index contributed by atoms with van der Waals surface area (Å²) >= 11 is 0. The molecule has 8 nitrogen and oxygen atoms in total. The van der Waals surface area contributed by atoms with Gasteiger partial charge in [-0.1, -0.05) is 0 Å². The van der Waals surface area contributed by atoms with E-state index in [4.69, 9.17) is 19.2 Å². The molecule has 3 rings (SSSR count). The van der Waals surface area contributed by atoms with Crippen molar-refractivity contribution in [3.63, 3.8) is 0 Å². The molecule has 0 unspecified atom stereocenters. The molecule has 0 radical (unpaired) electrons. The summed E-state index contributed by atoms with van der Waals surface area (Å²) in [6, 6.07) is 3.63. The van der Waals surface area contributed by atoms with Crippen molar-refractivity contribution in [2.75, 3.05) is 27.9 Å². The van der Waals surface area contributed by atoms with Crippen LogP contribution in [-0.4, -0.2) is 49.3 Å². The lowest BCUT2D eigenvalue weighted by Crippen LogP contribution is -2.30. The lowest BCUT2D eigenvalue weighted by molar-refractivity contribution is 0.0950. The summed E-state index contributed by atoms with van der Waals surface area (Å²) < 4.78 is 17.9. The molecule has 0 bridgehead atoms. The fourth-order valence-electron chi connectivity index (χ4n) is 3.00. The Morgan fingerprint density at radius 1 is 1.15 bits per heavy atom. The van der Waals surface area contributed by atoms with Gasteiger partial charge < -0.3 is 19.5 Å². The van der Waals surface area contributed by atoms with Crippen LogP contribution in [0.25, 0.3) is 0 Å². The van der Waals surface area contributed by atoms with Crippen molar-refractivity contribution >= 4 is 17.3 Å². The zero-order valence-corrected chi connectivity index (χ0v) is 15.5. The van der Waals surface area contributed by atoms with Crippen LogP contribution < -0.4 is 19.5 Å². The number of carbonyl (C=O) groups excluding carboxylic acids is 1. The maximum atomic E-state index is 12.5. The van der Waals surface area contributed by atoms with Gasteiger partial charge in [0.2, 0.25) is 5.75 Å². The van der Waals surface area contributed by atoms with Crippen LogP contribution in [0.1, 0.15) is 28.7 Å². The molecule has 8 heteroatoms. The molecular formula is C18H22N4O4. The van der Waals surface area contributed by atoms with E-state index in [1.165, 1.54) is 0 Å². The van der Waals surface area contributed by atoms with E-state index in [9.17, 15) is 4.79 Å². The molecule has 2 aromatic rings. The number of rotatable bonds is 5. The topological polar surface area (TPSA) is 87.0 Å². The number of hydrogen-bond donors (Lipinski definition) is 1. The standard InChI is InChI=1S/C18H22N4O4/c1-6-22-16-15(10(2)21-22)20-12(9-19-18(16)23)11-7-13(24-3)17(26-5)14(8-11)25-4/h7-8H,6,9H2,1-5H3,(H,19,23). The lowest BCUT2D eigenvalue weighted by atomic mass is 10.1. The van der Waals surface area contributed by atoms with Crippen molar-refractivity contribution < 1.29 is 19.0 Å². The minimum Gasteiger partial charge on any atom is -0.493 e. The number of fused-ring (bicyclic) bond motifs is 1. The maximum Gasteiger partial charge on any atom is 0.272 e. The molecular weight excluding hydrogens is 336 g/mol. The Labute approximate surface area is 151 Å². The Morgan fingerprint density at radius 2 is 1.81 bits per heavy atom. The van der Waals surface area contributed by atoms with Gasteiger partial charge in [-0.3, -0.25) is 9.48 Å². The highest BCUT2D eigenvalue weighted by Crippen LogP contribution is 2.39. The van der Waals surface area contributed by atoms with Crippen molar-refractivity contribution in [1.29, 1.82) is 0 Å². The van der Waals surface area contributed by atoms with Crippen LogP contribution in [0.5, 0.6) is 17.2 Å². The molecule has 138 valence electrons. The van der Waals surface area contributed by atoms with Crippen molar-refractivity contribution in [2.24, 2.45) is 4.99 Å². The van der Waals surface area contributed by atoms with Crippen molar-refractivity contribution in [3.8, 4) is 17.2 Å². The number of hydrogen-bond acceptors (Lipinski definition) is 6. The molecule has 26 heavy (non-hydrogen) atoms. The minimum atomic E-state index is -0.186. The molecule has 0 saturated carbocycles. The lowest BCUT2D eigenvalue weighted by Gasteiger charge is -2.15. The van der Waals surface area contributed by atoms with Crippen LogP contribution in [0.15, 0.2) is 17.1 Å². The molecule has 1 aliphatic heterocycles. The number of nitrogens with one attached hydrogen (secondary N) is 1. The number of nitrogens with zero attached hydrogens (tertiary/aromatic N) is 3. The molecule has 1 aliphatic rings. The first-order chi connectivity index (χ1) is 12.5. The summed E-state index contributed by atoms with van der Waals surface area (Å²) in [5, 5.41) is 7.30. The van der Waals surface area contributed by atoms with E-state index < -0.39 is 0 Å². The number of aromatic nitrogens is 2. The minimum absolute atomic E-state index is 0.186. The summed E-state index contributed by atoms with van der Waals surface area (Å²) in [6.07, 6.45) is 0. The number of aliphatic imine (C=N–C) groups is 1. The first kappa shape index (κ1) is 17.8. The predicted molar refractivity (Wildman–Crippen MR) is 97.3 cm³/mol. The number of aryl methyl sites for hydroxylation is 2. The Hall–Kier alpha value is -3.03. The van der Waals surface area contributed by atoms with Gasteiger partial charge in [-0.05, 0) is 26.0 Å². The summed E-state index contributed by atoms with van der Waals surface area (Å²) in [4.78, 5) is 17.2. The monoisotopic (exact) mass is 358 g/mol. The van der Waals surface area contributed by atoms with E-state index in [1.807, 2.05) is 26.0 Å². The summed E-state index contributed by atoms with van der Waals surface area (Å²) in [6.45, 7) is 4.67. The first-order valence-electron chi connectivity index (χ1n) is 8.27. The third-order valence-corrected chi connectivity index (χ3v) is 4.27. The average Bonchev–Trinajstić information content (AvgIpc) is 2.87. The Balaban J connectivity index is 2.16. The molecule has 1 amide bonds. The molecule has 1 aromatic carbocycles. The number of benzene rings is 1. The summed E-state index contributed by atoms with van der Waals surface area (Å²) in [5.41, 5.74) is 3.24. The zero-order chi connectivity index (χ0) is 18.8. The SMILES string of the molecule is CCn1nc(C)c2c1C(=O)NCC(c1cc(OC)c(OC)c(OC)c1)=N2. The van der Waals surface area contributed by atoms with E-state index in [1.54, 1.807) is 26.0 Å². The molecule has 2 heterocycles. The quantitative estimate of drug-likeness (QED) is 0.884. The molecule has 0 atom stereocenters. The first-order valence-corrected chi connectivity index (χ1v) is 8.27. The van der Waals surface area contributed by atoms with Gasteiger partial charge in [0.1, 0.15) is 5.69 Å². The second-order valence-electron chi connectivity index (χ2n) is 5.75. The third kappa shape index (κ3) is 2.87. The van der Waals surface area contributed by atoms with Gasteiger partial charge in [0, 0.05) is 12.1 Å². The maximum absolute atomic E-state index is 12.5. The van der Waals surface area contributed by atoms with Crippen molar-refractivity contribution in [2.45, 2.75) is 20.4 Å². The number of carbonyl (C=O) groups is 1. The van der Waals surface area contributed by atoms with Gasteiger partial charge in [-0.2, -0.15) is 5.10 Å². The van der Waals surface area contributed by atoms with Gasteiger partial charge in [-0.25, -0.2) is 4.99 Å². The highest BCUT2D eigenvalue weighted by Gasteiger charge is 2.26. The normalized spacial score (nSPS) is 13.4. The van der Waals surface area contributed by atoms with Crippen molar-refractivity contribution in [1.82, 2.24) is 15.1 Å². The molecule has 0 saturated heterocycles. The van der Waals surface area contributed by atoms with E-state index in [2.05, 4.69) is 10.4 Å². The van der Waals surface area contributed by atoms with Crippen LogP contribution in [0.4, 0.5) is 5.69 Å². The van der Waals surface area contributed by atoms with Gasteiger partial charge in [0.05, 0.1) is 39.3 Å². The molecule has 0 fully saturated rings. The van der Waals surface area contributed by atoms with E-state index in [-0.39, 0.29) is 12.5 Å². The fraction of sp³-hybridized carbons (Fsp3) is 0.389. The second-order valence-corrected chi connectivity index (χ2v) is 5.75.